The van der Waals surface area contributed by atoms with E-state index in [0.717, 1.165) is 0 Å². The first-order valence-corrected chi connectivity index (χ1v) is 8.42. The molecule has 3 heterocycles. The van der Waals surface area contributed by atoms with Crippen LogP contribution in [0.25, 0.3) is 0 Å². The van der Waals surface area contributed by atoms with Gasteiger partial charge in [0.25, 0.3) is 11.8 Å². The summed E-state index contributed by atoms with van der Waals surface area (Å²) in [5.41, 5.74) is 1.09. The normalized spacial score (nSPS) is 18.8. The molecule has 1 aromatic heterocycles. The topological polar surface area (TPSA) is 96.9 Å². The van der Waals surface area contributed by atoms with Crippen LogP contribution in [-0.4, -0.2) is 45.2 Å². The molecule has 8 nitrogen and oxygen atoms in total. The van der Waals surface area contributed by atoms with Crippen LogP contribution < -0.4 is 0 Å². The molecule has 1 atom stereocenters. The van der Waals surface area contributed by atoms with Crippen molar-refractivity contribution in [2.75, 3.05) is 6.54 Å². The van der Waals surface area contributed by atoms with E-state index in [1.54, 1.807) is 30.5 Å². The monoisotopic (exact) mass is 365 g/mol. The first kappa shape index (κ1) is 16.9. The summed E-state index contributed by atoms with van der Waals surface area (Å²) in [4.78, 5) is 59.9. The van der Waals surface area contributed by atoms with Gasteiger partial charge in [-0.25, -0.2) is 4.79 Å². The minimum absolute atomic E-state index is 0.0329. The van der Waals surface area contributed by atoms with Gasteiger partial charge >= 0.3 is 5.97 Å². The predicted molar refractivity (Wildman–Crippen MR) is 90.8 cm³/mol. The molecule has 1 fully saturated rings. The molecule has 8 heteroatoms. The maximum Gasteiger partial charge on any atom is 0.338 e. The van der Waals surface area contributed by atoms with Crippen LogP contribution in [0.15, 0.2) is 48.7 Å². The summed E-state index contributed by atoms with van der Waals surface area (Å²) >= 11 is 0. The van der Waals surface area contributed by atoms with Crippen molar-refractivity contribution in [1.29, 1.82) is 0 Å². The van der Waals surface area contributed by atoms with Gasteiger partial charge in [0.2, 0.25) is 5.91 Å². The van der Waals surface area contributed by atoms with Gasteiger partial charge in [-0.05, 0) is 24.3 Å². The Bertz CT molecular complexity index is 908. The molecule has 4 rings (SSSR count). The molecule has 2 aromatic rings. The molecule has 3 amide bonds. The zero-order chi connectivity index (χ0) is 19.0. The molecule has 0 spiro atoms. The largest absolute Gasteiger partial charge is 0.338 e. The molecule has 1 saturated heterocycles. The Morgan fingerprint density at radius 3 is 2.33 bits per heavy atom. The summed E-state index contributed by atoms with van der Waals surface area (Å²) in [5.74, 6) is -3.09. The summed E-state index contributed by atoms with van der Waals surface area (Å²) in [6.45, 7) is 0.438. The van der Waals surface area contributed by atoms with Gasteiger partial charge in [0.1, 0.15) is 0 Å². The number of benzene rings is 1. The second kappa shape index (κ2) is 6.64. The Balaban J connectivity index is 1.42. The first-order valence-electron chi connectivity index (χ1n) is 8.42. The molecular weight excluding hydrogens is 350 g/mol. The van der Waals surface area contributed by atoms with E-state index >= 15 is 0 Å². The fourth-order valence-corrected chi connectivity index (χ4v) is 3.18. The minimum Gasteiger partial charge on any atom is -0.336 e. The Kier molecular flexibility index (Phi) is 4.15. The third-order valence-electron chi connectivity index (χ3n) is 4.56. The summed E-state index contributed by atoms with van der Waals surface area (Å²) < 4.78 is 0. The number of pyridine rings is 1. The molecule has 0 radical (unpaired) electrons. The summed E-state index contributed by atoms with van der Waals surface area (Å²) in [6.07, 6.45) is 1.60. The number of likely N-dealkylation sites (tertiary alicyclic amines) is 1. The van der Waals surface area contributed by atoms with Crippen molar-refractivity contribution in [3.63, 3.8) is 0 Å². The van der Waals surface area contributed by atoms with Crippen LogP contribution in [0, 0.1) is 5.92 Å². The smallest absolute Gasteiger partial charge is 0.336 e. The molecule has 1 unspecified atom stereocenters. The number of carbonyl (C=O) groups excluding carboxylic acids is 4. The predicted octanol–water partition coefficient (Wildman–Crippen LogP) is 1.18. The van der Waals surface area contributed by atoms with Gasteiger partial charge in [-0.15, -0.1) is 0 Å². The van der Waals surface area contributed by atoms with Crippen molar-refractivity contribution in [1.82, 2.24) is 14.9 Å². The number of imide groups is 1. The number of carbonyl (C=O) groups is 4. The number of rotatable bonds is 4. The Labute approximate surface area is 154 Å². The molecule has 2 aliphatic rings. The lowest BCUT2D eigenvalue weighted by atomic mass is 10.1. The van der Waals surface area contributed by atoms with E-state index in [1.807, 2.05) is 6.07 Å². The highest BCUT2D eigenvalue weighted by atomic mass is 16.7. The molecule has 1 aromatic carbocycles. The van der Waals surface area contributed by atoms with Crippen molar-refractivity contribution in [2.45, 2.75) is 13.0 Å². The van der Waals surface area contributed by atoms with Gasteiger partial charge in [0.15, 0.2) is 0 Å². The van der Waals surface area contributed by atoms with Gasteiger partial charge in [0, 0.05) is 19.2 Å². The molecule has 0 saturated carbocycles. The van der Waals surface area contributed by atoms with Gasteiger partial charge < -0.3 is 9.74 Å². The van der Waals surface area contributed by atoms with Crippen molar-refractivity contribution < 1.29 is 24.0 Å². The van der Waals surface area contributed by atoms with Crippen molar-refractivity contribution >= 4 is 23.7 Å². The highest BCUT2D eigenvalue weighted by molar-refractivity contribution is 6.20. The molecule has 27 heavy (non-hydrogen) atoms. The highest BCUT2D eigenvalue weighted by Crippen LogP contribution is 2.26. The zero-order valence-electron chi connectivity index (χ0n) is 14.2. The SMILES string of the molecule is O=C(ON1C(=O)c2ccccc2C1=O)C1CC(=O)N(Cc2ccccn2)C1. The lowest BCUT2D eigenvalue weighted by molar-refractivity contribution is -0.173. The fraction of sp³-hybridized carbons (Fsp3) is 0.211. The lowest BCUT2D eigenvalue weighted by Gasteiger charge is -2.17. The Morgan fingerprint density at radius 1 is 1.04 bits per heavy atom. The molecule has 0 N–H and O–H groups in total. The quantitative estimate of drug-likeness (QED) is 0.755. The average molecular weight is 365 g/mol. The molecule has 2 aliphatic heterocycles. The Morgan fingerprint density at radius 2 is 1.70 bits per heavy atom. The first-order chi connectivity index (χ1) is 13.0. The number of nitrogens with zero attached hydrogens (tertiary/aromatic N) is 3. The second-order valence-electron chi connectivity index (χ2n) is 6.36. The summed E-state index contributed by atoms with van der Waals surface area (Å²) in [6, 6.07) is 11.6. The van der Waals surface area contributed by atoms with Gasteiger partial charge in [-0.3, -0.25) is 19.4 Å². The van der Waals surface area contributed by atoms with E-state index < -0.39 is 23.7 Å². The van der Waals surface area contributed by atoms with E-state index in [1.165, 1.54) is 17.0 Å². The second-order valence-corrected chi connectivity index (χ2v) is 6.36. The third-order valence-corrected chi connectivity index (χ3v) is 4.56. The number of hydroxylamine groups is 2. The number of hydrogen-bond donors (Lipinski definition) is 0. The summed E-state index contributed by atoms with van der Waals surface area (Å²) in [7, 11) is 0. The highest BCUT2D eigenvalue weighted by Gasteiger charge is 2.42. The molecule has 0 aliphatic carbocycles. The van der Waals surface area contributed by atoms with Gasteiger partial charge in [0.05, 0.1) is 29.3 Å². The Hall–Kier alpha value is -3.55. The van der Waals surface area contributed by atoms with Crippen molar-refractivity contribution in [2.24, 2.45) is 5.92 Å². The maximum absolute atomic E-state index is 12.4. The lowest BCUT2D eigenvalue weighted by Crippen LogP contribution is -2.36. The number of fused-ring (bicyclic) bond motifs is 1. The van der Waals surface area contributed by atoms with Crippen LogP contribution in [0.3, 0.4) is 0 Å². The molecule has 136 valence electrons. The van der Waals surface area contributed by atoms with Crippen LogP contribution in [0.4, 0.5) is 0 Å². The van der Waals surface area contributed by atoms with E-state index in [9.17, 15) is 19.2 Å². The van der Waals surface area contributed by atoms with Crippen LogP contribution in [0.5, 0.6) is 0 Å². The number of amides is 3. The van der Waals surface area contributed by atoms with Gasteiger partial charge in [-0.2, -0.15) is 0 Å². The minimum atomic E-state index is -0.777. The van der Waals surface area contributed by atoms with E-state index in [-0.39, 0.29) is 36.5 Å². The third kappa shape index (κ3) is 3.05. The van der Waals surface area contributed by atoms with Crippen molar-refractivity contribution in [3.05, 3.63) is 65.5 Å². The summed E-state index contributed by atoms with van der Waals surface area (Å²) in [5, 5.41) is 0.471. The van der Waals surface area contributed by atoms with Crippen LogP contribution in [0.2, 0.25) is 0 Å². The standard InChI is InChI=1S/C19H15N3O5/c23-16-9-12(10-21(16)11-13-5-3-4-8-20-13)19(26)27-22-17(24)14-6-1-2-7-15(14)18(22)25/h1-8,12H,9-11H2. The maximum atomic E-state index is 12.4. The zero-order valence-corrected chi connectivity index (χ0v) is 14.2. The molecular formula is C19H15N3O5. The molecule has 0 bridgehead atoms. The van der Waals surface area contributed by atoms with E-state index in [4.69, 9.17) is 4.84 Å². The van der Waals surface area contributed by atoms with Gasteiger partial charge in [-0.1, -0.05) is 23.3 Å². The number of hydrogen-bond acceptors (Lipinski definition) is 6. The van der Waals surface area contributed by atoms with Crippen LogP contribution in [0.1, 0.15) is 32.8 Å². The van der Waals surface area contributed by atoms with Crippen LogP contribution >= 0.6 is 0 Å². The van der Waals surface area contributed by atoms with Crippen molar-refractivity contribution in [3.8, 4) is 0 Å². The van der Waals surface area contributed by atoms with E-state index in [0.29, 0.717) is 10.8 Å². The number of aromatic nitrogens is 1. The average Bonchev–Trinajstić information content (AvgIpc) is 3.16. The fourth-order valence-electron chi connectivity index (χ4n) is 3.18. The van der Waals surface area contributed by atoms with Crippen LogP contribution in [-0.2, 0) is 21.0 Å². The van der Waals surface area contributed by atoms with E-state index in [2.05, 4.69) is 4.98 Å².